The van der Waals surface area contributed by atoms with Crippen LogP contribution in [0.3, 0.4) is 0 Å². The number of unbranched alkanes of at least 4 members (excludes halogenated alkanes) is 1. The summed E-state index contributed by atoms with van der Waals surface area (Å²) in [5, 5.41) is 29.5. The molecule has 1 aromatic carbocycles. The third-order valence-electron chi connectivity index (χ3n) is 5.62. The Labute approximate surface area is 189 Å². The van der Waals surface area contributed by atoms with E-state index in [1.165, 1.54) is 0 Å². The number of ether oxygens (including phenoxy) is 2. The molecule has 32 heavy (non-hydrogen) atoms. The first-order valence-corrected chi connectivity index (χ1v) is 10.9. The largest absolute Gasteiger partial charge is 0.497 e. The maximum absolute atomic E-state index is 12.3. The minimum Gasteiger partial charge on any atom is -0.497 e. The van der Waals surface area contributed by atoms with Crippen molar-refractivity contribution in [3.05, 3.63) is 53.6 Å². The summed E-state index contributed by atoms with van der Waals surface area (Å²) in [6, 6.07) is 5.70. The van der Waals surface area contributed by atoms with Gasteiger partial charge >= 0.3 is 5.97 Å². The number of allylic oxidation sites excluding steroid dienone is 2. The van der Waals surface area contributed by atoms with Crippen molar-refractivity contribution in [1.29, 1.82) is 0 Å². The second kappa shape index (κ2) is 13.2. The number of hydrogen-bond acceptors (Lipinski definition) is 6. The van der Waals surface area contributed by atoms with E-state index < -0.39 is 18.2 Å². The van der Waals surface area contributed by atoms with Gasteiger partial charge in [0.2, 0.25) is 0 Å². The van der Waals surface area contributed by atoms with Gasteiger partial charge in [0.05, 0.1) is 25.9 Å². The molecular weight excluding hydrogens is 412 g/mol. The van der Waals surface area contributed by atoms with Crippen molar-refractivity contribution in [2.24, 2.45) is 11.8 Å². The fraction of sp³-hybridized carbons (Fsp3) is 0.520. The van der Waals surface area contributed by atoms with Crippen molar-refractivity contribution < 1.29 is 34.4 Å². The van der Waals surface area contributed by atoms with E-state index in [0.29, 0.717) is 38.0 Å². The lowest BCUT2D eigenvalue weighted by Gasteiger charge is -2.17. The molecule has 2 rings (SSSR count). The lowest BCUT2D eigenvalue weighted by molar-refractivity contribution is -0.137. The van der Waals surface area contributed by atoms with E-state index in [4.69, 9.17) is 14.6 Å². The molecule has 4 atom stereocenters. The smallest absolute Gasteiger partial charge is 0.303 e. The number of aliphatic carboxylic acids is 1. The van der Waals surface area contributed by atoms with Gasteiger partial charge in [-0.2, -0.15) is 0 Å². The Hall–Kier alpha value is -2.48. The Morgan fingerprint density at radius 2 is 1.97 bits per heavy atom. The highest BCUT2D eigenvalue weighted by Crippen LogP contribution is 2.33. The number of Topliss-reactive ketones (excluding diaryl/α,β-unsaturated/α-hetero) is 1. The molecule has 0 spiro atoms. The van der Waals surface area contributed by atoms with Gasteiger partial charge in [0.15, 0.2) is 0 Å². The van der Waals surface area contributed by atoms with E-state index in [1.54, 1.807) is 26.4 Å². The molecule has 1 aliphatic rings. The van der Waals surface area contributed by atoms with Crippen molar-refractivity contribution in [3.8, 4) is 5.75 Å². The summed E-state index contributed by atoms with van der Waals surface area (Å²) in [5.41, 5.74) is 1.85. The van der Waals surface area contributed by atoms with Crippen LogP contribution in [-0.2, 0) is 27.4 Å². The monoisotopic (exact) mass is 446 g/mol. The molecule has 0 amide bonds. The number of ketones is 1. The number of aliphatic hydroxyl groups is 2. The lowest BCUT2D eigenvalue weighted by atomic mass is 9.90. The number of methoxy groups -OCH3 is 2. The predicted molar refractivity (Wildman–Crippen MR) is 120 cm³/mol. The van der Waals surface area contributed by atoms with Crippen LogP contribution in [0.25, 0.3) is 0 Å². The molecule has 0 aliphatic heterocycles. The van der Waals surface area contributed by atoms with Crippen LogP contribution in [0.5, 0.6) is 5.75 Å². The molecular formula is C25H34O7. The van der Waals surface area contributed by atoms with Gasteiger partial charge in [0.1, 0.15) is 11.5 Å². The maximum Gasteiger partial charge on any atom is 0.303 e. The normalized spacial score (nSPS) is 22.1. The summed E-state index contributed by atoms with van der Waals surface area (Å²) >= 11 is 0. The molecule has 1 saturated carbocycles. The zero-order valence-corrected chi connectivity index (χ0v) is 18.8. The summed E-state index contributed by atoms with van der Waals surface area (Å²) in [6.07, 6.45) is 7.91. The number of carboxylic acids is 1. The first-order valence-electron chi connectivity index (χ1n) is 10.9. The third kappa shape index (κ3) is 8.22. The molecule has 7 nitrogen and oxygen atoms in total. The second-order valence-electron chi connectivity index (χ2n) is 8.19. The molecule has 0 saturated heterocycles. The Bertz CT molecular complexity index is 815. The zero-order chi connectivity index (χ0) is 23.5. The van der Waals surface area contributed by atoms with Gasteiger partial charge in [-0.15, -0.1) is 0 Å². The molecule has 0 bridgehead atoms. The standard InChI is InChI=1S/C25H34O7/c1-31-16-18-11-17(13-20(14-18)32-2)12-19(26)9-10-22-21(23(27)15-24(22)28)7-5-3-4-6-8-25(29)30/h3,5,9-11,13-14,19,21-22,24,26,28H,4,6-8,12,15-16H2,1-2H3,(H,29,30)/b5-3-,10-9+/t19?,21-,22-,24-/m1/s1. The number of carbonyl (C=O) groups is 2. The first kappa shape index (κ1) is 25.8. The Morgan fingerprint density at radius 3 is 2.66 bits per heavy atom. The topological polar surface area (TPSA) is 113 Å². The number of hydrogen-bond donors (Lipinski definition) is 3. The van der Waals surface area contributed by atoms with Gasteiger partial charge in [-0.05, 0) is 42.5 Å². The molecule has 0 aromatic heterocycles. The van der Waals surface area contributed by atoms with Crippen molar-refractivity contribution in [2.75, 3.05) is 14.2 Å². The SMILES string of the molecule is COCc1cc(CC(O)/C=C/[C@H]2[C@H](O)CC(=O)[C@@H]2C/C=C\CCCC(=O)O)cc(OC)c1. The Kier molecular flexibility index (Phi) is 10.6. The van der Waals surface area contributed by atoms with Crippen LogP contribution in [-0.4, -0.2) is 53.5 Å². The molecule has 1 fully saturated rings. The van der Waals surface area contributed by atoms with Gasteiger partial charge in [0.25, 0.3) is 0 Å². The summed E-state index contributed by atoms with van der Waals surface area (Å²) in [7, 11) is 3.21. The summed E-state index contributed by atoms with van der Waals surface area (Å²) < 4.78 is 10.5. The molecule has 0 radical (unpaired) electrons. The van der Waals surface area contributed by atoms with Crippen molar-refractivity contribution in [2.45, 2.75) is 57.3 Å². The fourth-order valence-corrected chi connectivity index (χ4v) is 4.04. The summed E-state index contributed by atoms with van der Waals surface area (Å²) in [6.45, 7) is 0.442. The Morgan fingerprint density at radius 1 is 1.22 bits per heavy atom. The highest BCUT2D eigenvalue weighted by atomic mass is 16.5. The van der Waals surface area contributed by atoms with Crippen molar-refractivity contribution in [1.82, 2.24) is 0 Å². The average molecular weight is 447 g/mol. The van der Waals surface area contributed by atoms with Gasteiger partial charge in [-0.1, -0.05) is 30.4 Å². The minimum absolute atomic E-state index is 0.00817. The first-order chi connectivity index (χ1) is 15.3. The van der Waals surface area contributed by atoms with E-state index in [1.807, 2.05) is 30.4 Å². The van der Waals surface area contributed by atoms with Crippen molar-refractivity contribution in [3.63, 3.8) is 0 Å². The fourth-order valence-electron chi connectivity index (χ4n) is 4.04. The highest BCUT2D eigenvalue weighted by molar-refractivity contribution is 5.84. The van der Waals surface area contributed by atoms with E-state index in [0.717, 1.165) is 11.1 Å². The van der Waals surface area contributed by atoms with Gasteiger partial charge < -0.3 is 24.8 Å². The van der Waals surface area contributed by atoms with Crippen LogP contribution < -0.4 is 4.74 Å². The zero-order valence-electron chi connectivity index (χ0n) is 18.8. The van der Waals surface area contributed by atoms with E-state index >= 15 is 0 Å². The number of benzene rings is 1. The number of aliphatic hydroxyl groups excluding tert-OH is 2. The molecule has 0 heterocycles. The van der Waals surface area contributed by atoms with Crippen molar-refractivity contribution >= 4 is 11.8 Å². The van der Waals surface area contributed by atoms with Gasteiger partial charge in [-0.25, -0.2) is 0 Å². The van der Waals surface area contributed by atoms with Crippen LogP contribution in [0, 0.1) is 11.8 Å². The van der Waals surface area contributed by atoms with Crippen LogP contribution in [0.4, 0.5) is 0 Å². The molecule has 3 N–H and O–H groups in total. The molecule has 1 aliphatic carbocycles. The van der Waals surface area contributed by atoms with Crippen LogP contribution >= 0.6 is 0 Å². The summed E-state index contributed by atoms with van der Waals surface area (Å²) in [4.78, 5) is 22.9. The number of carboxylic acid groups (broad SMARTS) is 1. The van der Waals surface area contributed by atoms with E-state index in [-0.39, 0.29) is 30.5 Å². The lowest BCUT2D eigenvalue weighted by Crippen LogP contribution is -2.19. The number of carbonyl (C=O) groups excluding carboxylic acids is 1. The molecule has 1 unspecified atom stereocenters. The van der Waals surface area contributed by atoms with E-state index in [9.17, 15) is 19.8 Å². The van der Waals surface area contributed by atoms with E-state index in [2.05, 4.69) is 0 Å². The summed E-state index contributed by atoms with van der Waals surface area (Å²) in [5.74, 6) is -0.809. The minimum atomic E-state index is -0.819. The van der Waals surface area contributed by atoms with Crippen LogP contribution in [0.1, 0.15) is 43.2 Å². The molecule has 176 valence electrons. The average Bonchev–Trinajstić information content (AvgIpc) is 3.01. The highest BCUT2D eigenvalue weighted by Gasteiger charge is 2.39. The van der Waals surface area contributed by atoms with Crippen LogP contribution in [0.2, 0.25) is 0 Å². The van der Waals surface area contributed by atoms with Crippen LogP contribution in [0.15, 0.2) is 42.5 Å². The quantitative estimate of drug-likeness (QED) is 0.315. The van der Waals surface area contributed by atoms with Gasteiger partial charge in [-0.3, -0.25) is 9.59 Å². The Balaban J connectivity index is 1.97. The second-order valence-corrected chi connectivity index (χ2v) is 8.19. The maximum atomic E-state index is 12.3. The molecule has 7 heteroatoms. The predicted octanol–water partition coefficient (Wildman–Crippen LogP) is 3.07. The molecule has 1 aromatic rings. The third-order valence-corrected chi connectivity index (χ3v) is 5.62. The number of rotatable bonds is 13. The van der Waals surface area contributed by atoms with Gasteiger partial charge in [0, 0.05) is 38.2 Å².